The summed E-state index contributed by atoms with van der Waals surface area (Å²) in [5, 5.41) is 9.05. The third-order valence-corrected chi connectivity index (χ3v) is 11.3. The molecule has 0 N–H and O–H groups in total. The molecule has 510 valence electrons. The zero-order chi connectivity index (χ0) is 67.7. The number of hydrogen-bond acceptors (Lipinski definition) is 28. The first-order valence-corrected chi connectivity index (χ1v) is 28.9. The van der Waals surface area contributed by atoms with Gasteiger partial charge in [-0.2, -0.15) is 24.4 Å². The summed E-state index contributed by atoms with van der Waals surface area (Å²) in [5.74, 6) is -2.75. The van der Waals surface area contributed by atoms with Gasteiger partial charge < -0.3 is 66.8 Å². The van der Waals surface area contributed by atoms with Crippen LogP contribution in [0.1, 0.15) is 33.4 Å². The Labute approximate surface area is 543 Å². The summed E-state index contributed by atoms with van der Waals surface area (Å²) in [6.07, 6.45) is 13.3. The summed E-state index contributed by atoms with van der Waals surface area (Å²) in [4.78, 5) is 109. The van der Waals surface area contributed by atoms with Crippen molar-refractivity contribution in [2.45, 2.75) is 25.7 Å². The highest BCUT2D eigenvalue weighted by molar-refractivity contribution is 5.90. The van der Waals surface area contributed by atoms with E-state index in [0.717, 1.165) is 53.7 Å². The lowest BCUT2D eigenvalue weighted by Crippen LogP contribution is -2.15. The lowest BCUT2D eigenvalue weighted by atomic mass is 9.90. The maximum Gasteiger partial charge on any atom is 0.365 e. The highest BCUT2D eigenvalue weighted by Crippen LogP contribution is 2.37. The van der Waals surface area contributed by atoms with Crippen LogP contribution in [0, 0.1) is 0 Å². The molecule has 28 nitrogen and oxygen atoms in total. The van der Waals surface area contributed by atoms with E-state index >= 15 is 0 Å². The topological polar surface area (TPSA) is 298 Å². The molecule has 0 heterocycles. The van der Waals surface area contributed by atoms with Crippen LogP contribution in [0.2, 0.25) is 0 Å². The van der Waals surface area contributed by atoms with E-state index in [0.29, 0.717) is 48.1 Å². The van der Waals surface area contributed by atoms with Crippen molar-refractivity contribution < 1.29 is 135 Å². The monoisotopic (exact) mass is 1320 g/mol. The minimum Gasteiger partial charge on any atom is -0.487 e. The molecule has 3 rings (SSSR count). The van der Waals surface area contributed by atoms with Gasteiger partial charge in [-0.1, -0.05) is 80.9 Å². The van der Waals surface area contributed by atoms with Gasteiger partial charge in [0.15, 0.2) is 30.3 Å². The second kappa shape index (κ2) is 53.3. The molecule has 0 saturated heterocycles. The van der Waals surface area contributed by atoms with Gasteiger partial charge in [0.2, 0.25) is 0 Å². The number of carbonyl (C=O) groups excluding carboxylic acids is 5. The number of esters is 3. The van der Waals surface area contributed by atoms with Crippen LogP contribution in [0.15, 0.2) is 154 Å². The molecule has 0 amide bonds. The molecule has 0 spiro atoms. The van der Waals surface area contributed by atoms with Crippen molar-refractivity contribution in [2.24, 2.45) is 0 Å². The molecule has 0 saturated carbocycles. The third kappa shape index (κ3) is 37.3. The van der Waals surface area contributed by atoms with Crippen molar-refractivity contribution in [1.29, 1.82) is 0 Å². The molecule has 0 aliphatic carbocycles. The SMILES string of the molecule is C=C=COOCCOCCOc1c(CCOCCOOOC=C=C)ccc(C=CC(=O)Oc2ccc(OC(=O)C=Cc3ccc(CCOCCOOC(=O)C=C)c(CCOCCOOC(=O)C=C)c3CCOCCOOOC=C=C)cc2)c1OCCOCCOC(=O)C=C. The van der Waals surface area contributed by atoms with Gasteiger partial charge in [-0.15, -0.1) is 0 Å². The van der Waals surface area contributed by atoms with Gasteiger partial charge in [-0.25, -0.2) is 24.0 Å². The third-order valence-electron chi connectivity index (χ3n) is 11.3. The molecular formula is C66H78O28. The van der Waals surface area contributed by atoms with Gasteiger partial charge in [0.05, 0.1) is 79.3 Å². The Morgan fingerprint density at radius 3 is 1.29 bits per heavy atom. The highest BCUT2D eigenvalue weighted by atomic mass is 17.5. The summed E-state index contributed by atoms with van der Waals surface area (Å²) in [6, 6.07) is 13.0. The molecule has 0 atom stereocenters. The fraction of sp³-hybridized carbons (Fsp3) is 0.364. The van der Waals surface area contributed by atoms with Gasteiger partial charge in [0, 0.05) is 41.5 Å². The first kappa shape index (κ1) is 79.0. The summed E-state index contributed by atoms with van der Waals surface area (Å²) in [5.41, 5.74) is 11.5. The first-order chi connectivity index (χ1) is 46.1. The second-order valence-electron chi connectivity index (χ2n) is 17.7. The predicted octanol–water partition coefficient (Wildman–Crippen LogP) is 7.61. The average molecular weight is 1320 g/mol. The number of ether oxygens (including phenoxy) is 11. The van der Waals surface area contributed by atoms with E-state index < -0.39 is 29.8 Å². The Morgan fingerprint density at radius 2 is 0.766 bits per heavy atom. The number of rotatable bonds is 57. The van der Waals surface area contributed by atoms with Crippen LogP contribution in [0.5, 0.6) is 23.0 Å². The fourth-order valence-corrected chi connectivity index (χ4v) is 7.27. The lowest BCUT2D eigenvalue weighted by molar-refractivity contribution is -0.491. The van der Waals surface area contributed by atoms with Crippen LogP contribution in [0.25, 0.3) is 12.2 Å². The van der Waals surface area contributed by atoms with Crippen LogP contribution in [-0.2, 0) is 142 Å². The van der Waals surface area contributed by atoms with E-state index in [9.17, 15) is 24.0 Å². The smallest absolute Gasteiger partial charge is 0.365 e. The molecule has 0 aliphatic heterocycles. The van der Waals surface area contributed by atoms with Crippen LogP contribution >= 0.6 is 0 Å². The van der Waals surface area contributed by atoms with Gasteiger partial charge in [-0.3, -0.25) is 9.78 Å². The quantitative estimate of drug-likeness (QED) is 0.00767. The highest BCUT2D eigenvalue weighted by Gasteiger charge is 2.19. The summed E-state index contributed by atoms with van der Waals surface area (Å²) < 4.78 is 63.2. The van der Waals surface area contributed by atoms with Gasteiger partial charge in [-0.05, 0) is 94.4 Å². The zero-order valence-corrected chi connectivity index (χ0v) is 52.0. The molecule has 0 aromatic heterocycles. The summed E-state index contributed by atoms with van der Waals surface area (Å²) in [7, 11) is 0. The van der Waals surface area contributed by atoms with E-state index in [1.807, 2.05) is 12.1 Å². The van der Waals surface area contributed by atoms with Crippen LogP contribution in [0.4, 0.5) is 0 Å². The van der Waals surface area contributed by atoms with Crippen molar-refractivity contribution >= 4 is 42.0 Å². The van der Waals surface area contributed by atoms with E-state index in [-0.39, 0.29) is 149 Å². The minimum atomic E-state index is -0.769. The van der Waals surface area contributed by atoms with E-state index in [2.05, 4.69) is 86.3 Å². The zero-order valence-electron chi connectivity index (χ0n) is 52.0. The first-order valence-electron chi connectivity index (χ1n) is 28.9. The summed E-state index contributed by atoms with van der Waals surface area (Å²) in [6.45, 7) is 22.1. The Balaban J connectivity index is 1.83. The Bertz CT molecular complexity index is 2950. The van der Waals surface area contributed by atoms with Crippen LogP contribution in [0.3, 0.4) is 0 Å². The number of benzene rings is 3. The van der Waals surface area contributed by atoms with Crippen molar-refractivity contribution in [3.8, 4) is 23.0 Å². The van der Waals surface area contributed by atoms with Gasteiger partial charge in [0.25, 0.3) is 0 Å². The van der Waals surface area contributed by atoms with Gasteiger partial charge in [0.1, 0.15) is 64.4 Å². The van der Waals surface area contributed by atoms with Crippen LogP contribution < -0.4 is 18.9 Å². The molecule has 0 bridgehead atoms. The maximum absolute atomic E-state index is 13.4. The molecule has 0 radical (unpaired) electrons. The van der Waals surface area contributed by atoms with Crippen LogP contribution in [-0.4, -0.2) is 162 Å². The fourth-order valence-electron chi connectivity index (χ4n) is 7.27. The molecule has 0 fully saturated rings. The van der Waals surface area contributed by atoms with E-state index in [1.165, 1.54) is 42.5 Å². The van der Waals surface area contributed by atoms with Crippen molar-refractivity contribution in [1.82, 2.24) is 0 Å². The number of hydrogen-bond donors (Lipinski definition) is 0. The largest absolute Gasteiger partial charge is 0.487 e. The molecule has 0 unspecified atom stereocenters. The summed E-state index contributed by atoms with van der Waals surface area (Å²) >= 11 is 0. The molecular weight excluding hydrogens is 1240 g/mol. The minimum absolute atomic E-state index is 0.00537. The predicted molar refractivity (Wildman–Crippen MR) is 329 cm³/mol. The molecule has 3 aromatic carbocycles. The van der Waals surface area contributed by atoms with E-state index in [1.54, 1.807) is 18.2 Å². The molecule has 94 heavy (non-hydrogen) atoms. The molecule has 0 aliphatic rings. The van der Waals surface area contributed by atoms with Crippen molar-refractivity contribution in [3.05, 3.63) is 188 Å². The normalized spacial score (nSPS) is 10.7. The van der Waals surface area contributed by atoms with E-state index in [4.69, 9.17) is 81.4 Å². The van der Waals surface area contributed by atoms with Crippen molar-refractivity contribution in [3.63, 3.8) is 0 Å². The standard InChI is InChI=1S/C66H78O28/c1-7-29-81-82-47-39-77-38-46-80-66-55(26-33-73-42-50-87-93-85-30-8-2)16-15-54(65(66)79-45-37-76-36-44-78-60(67)10-4)18-24-64(71)90-57-21-19-56(20-22-57)89-63(70)23-17-52-13-14-53(25-32-72-40-48-83-91-61(68)11-5)59(28-35-74-41-49-84-92-62(69)12-6)58(52)27-34-75-43-51-88-94-86-31-9-3/h10-24,29-31H,1-6,25-28,32-51H2. The molecule has 28 heteroatoms. The Morgan fingerprint density at radius 1 is 0.362 bits per heavy atom. The second-order valence-corrected chi connectivity index (χ2v) is 17.7. The van der Waals surface area contributed by atoms with Crippen molar-refractivity contribution in [2.75, 3.05) is 132 Å². The maximum atomic E-state index is 13.4. The Hall–Kier alpha value is -9.25. The Kier molecular flexibility index (Phi) is 44.8. The van der Waals surface area contributed by atoms with Gasteiger partial charge >= 0.3 is 29.8 Å². The lowest BCUT2D eigenvalue weighted by Gasteiger charge is -2.19. The molecule has 3 aromatic rings. The number of carbonyl (C=O) groups is 5. The average Bonchev–Trinajstić information content (AvgIpc) is 0.901.